The van der Waals surface area contributed by atoms with Crippen molar-refractivity contribution in [2.24, 2.45) is 0 Å². The number of benzene rings is 2. The van der Waals surface area contributed by atoms with Gasteiger partial charge in [0.05, 0.1) is 5.25 Å². The van der Waals surface area contributed by atoms with Gasteiger partial charge in [-0.1, -0.05) is 49.0 Å². The molecule has 3 aromatic rings. The minimum Gasteiger partial charge on any atom is -0.489 e. The predicted molar refractivity (Wildman–Crippen MR) is 114 cm³/mol. The van der Waals surface area contributed by atoms with Gasteiger partial charge in [-0.05, 0) is 43.2 Å². The van der Waals surface area contributed by atoms with Crippen molar-refractivity contribution in [3.63, 3.8) is 0 Å². The average molecular weight is 413 g/mol. The zero-order valence-corrected chi connectivity index (χ0v) is 17.2. The number of ether oxygens (including phenoxy) is 1. The number of H-pyrrole nitrogens is 1. The number of nitrogens with zero attached hydrogens (tertiary/aromatic N) is 2. The second kappa shape index (κ2) is 9.97. The molecule has 7 nitrogen and oxygen atoms in total. The lowest BCUT2D eigenvalue weighted by atomic mass is 10.2. The molecule has 8 heteroatoms. The fraction of sp³-hybridized carbons (Fsp3) is 0.286. The molecule has 0 saturated carbocycles. The molecular formula is C21H24N4O3S. The molecule has 0 fully saturated rings. The Bertz CT molecular complexity index is 983. The van der Waals surface area contributed by atoms with Crippen LogP contribution in [0, 0.1) is 0 Å². The maximum Gasteiger partial charge on any atom is 0.343 e. The van der Waals surface area contributed by atoms with Crippen LogP contribution in [0.3, 0.4) is 0 Å². The van der Waals surface area contributed by atoms with E-state index in [1.165, 1.54) is 11.8 Å². The molecule has 0 spiro atoms. The van der Waals surface area contributed by atoms with Crippen molar-refractivity contribution in [1.82, 2.24) is 14.8 Å². The van der Waals surface area contributed by atoms with Crippen molar-refractivity contribution in [1.29, 1.82) is 0 Å². The fourth-order valence-electron chi connectivity index (χ4n) is 2.64. The number of rotatable bonds is 9. The van der Waals surface area contributed by atoms with Gasteiger partial charge >= 0.3 is 5.69 Å². The minimum absolute atomic E-state index is 0.161. The number of carbonyl (C=O) groups is 1. The molecule has 1 amide bonds. The summed E-state index contributed by atoms with van der Waals surface area (Å²) in [7, 11) is 0. The maximum absolute atomic E-state index is 12.5. The monoisotopic (exact) mass is 412 g/mol. The van der Waals surface area contributed by atoms with Crippen molar-refractivity contribution in [2.75, 3.05) is 5.32 Å². The summed E-state index contributed by atoms with van der Waals surface area (Å²) in [4.78, 5) is 24.3. The number of amides is 1. The summed E-state index contributed by atoms with van der Waals surface area (Å²) < 4.78 is 7.30. The number of aromatic amines is 1. The molecular weight excluding hydrogens is 388 g/mol. The van der Waals surface area contributed by atoms with E-state index in [2.05, 4.69) is 15.5 Å². The number of aromatic nitrogens is 3. The van der Waals surface area contributed by atoms with Crippen LogP contribution in [0.15, 0.2) is 64.5 Å². The van der Waals surface area contributed by atoms with E-state index in [1.54, 1.807) is 23.6 Å². The zero-order valence-electron chi connectivity index (χ0n) is 16.4. The Labute approximate surface area is 173 Å². The number of hydrogen-bond donors (Lipinski definition) is 2. The van der Waals surface area contributed by atoms with Gasteiger partial charge in [0.25, 0.3) is 0 Å². The molecule has 1 aromatic heterocycles. The van der Waals surface area contributed by atoms with E-state index < -0.39 is 5.25 Å². The summed E-state index contributed by atoms with van der Waals surface area (Å²) in [5.74, 6) is 0.570. The molecule has 3 rings (SSSR count). The van der Waals surface area contributed by atoms with E-state index in [-0.39, 0.29) is 11.6 Å². The van der Waals surface area contributed by atoms with Crippen molar-refractivity contribution in [3.05, 3.63) is 70.6 Å². The van der Waals surface area contributed by atoms with Gasteiger partial charge in [-0.3, -0.25) is 9.36 Å². The van der Waals surface area contributed by atoms with Gasteiger partial charge in [-0.25, -0.2) is 9.89 Å². The third-order valence-corrected chi connectivity index (χ3v) is 5.28. The maximum atomic E-state index is 12.5. The highest BCUT2D eigenvalue weighted by molar-refractivity contribution is 8.00. The second-order valence-corrected chi connectivity index (χ2v) is 7.82. The van der Waals surface area contributed by atoms with Crippen molar-refractivity contribution in [2.45, 2.75) is 43.8 Å². The number of hydrogen-bond acceptors (Lipinski definition) is 5. The highest BCUT2D eigenvalue weighted by Crippen LogP contribution is 2.22. The van der Waals surface area contributed by atoms with Gasteiger partial charge in [-0.2, -0.15) is 0 Å². The lowest BCUT2D eigenvalue weighted by Gasteiger charge is -2.12. The minimum atomic E-state index is -0.408. The predicted octanol–water partition coefficient (Wildman–Crippen LogP) is 3.68. The van der Waals surface area contributed by atoms with Crippen molar-refractivity contribution in [3.8, 4) is 5.75 Å². The van der Waals surface area contributed by atoms with Crippen molar-refractivity contribution < 1.29 is 9.53 Å². The van der Waals surface area contributed by atoms with Gasteiger partial charge in [0.2, 0.25) is 5.91 Å². The number of carbonyl (C=O) groups excluding carboxylic acids is 1. The highest BCUT2D eigenvalue weighted by atomic mass is 32.2. The molecule has 0 aliphatic rings. The van der Waals surface area contributed by atoms with E-state index in [0.29, 0.717) is 24.0 Å². The molecule has 152 valence electrons. The number of nitrogens with one attached hydrogen (secondary N) is 2. The van der Waals surface area contributed by atoms with Crippen LogP contribution in [0.5, 0.6) is 5.75 Å². The summed E-state index contributed by atoms with van der Waals surface area (Å²) >= 11 is 1.25. The molecule has 0 unspecified atom stereocenters. The zero-order chi connectivity index (χ0) is 20.6. The largest absolute Gasteiger partial charge is 0.489 e. The van der Waals surface area contributed by atoms with Crippen LogP contribution in [0.25, 0.3) is 0 Å². The number of thioether (sulfide) groups is 1. The lowest BCUT2D eigenvalue weighted by Crippen LogP contribution is -2.24. The Morgan fingerprint density at radius 2 is 1.93 bits per heavy atom. The molecule has 0 bridgehead atoms. The Hall–Kier alpha value is -3.00. The lowest BCUT2D eigenvalue weighted by molar-refractivity contribution is -0.115. The molecule has 2 N–H and O–H groups in total. The van der Waals surface area contributed by atoms with Crippen LogP contribution in [-0.4, -0.2) is 25.9 Å². The van der Waals surface area contributed by atoms with E-state index in [9.17, 15) is 9.59 Å². The summed E-state index contributed by atoms with van der Waals surface area (Å²) in [6.07, 6.45) is 0.812. The van der Waals surface area contributed by atoms with Gasteiger partial charge in [-0.15, -0.1) is 5.10 Å². The Morgan fingerprint density at radius 1 is 1.21 bits per heavy atom. The first-order chi connectivity index (χ1) is 14.1. The van der Waals surface area contributed by atoms with E-state index in [4.69, 9.17) is 4.74 Å². The van der Waals surface area contributed by atoms with E-state index >= 15 is 0 Å². The van der Waals surface area contributed by atoms with Crippen LogP contribution in [0.4, 0.5) is 5.69 Å². The first kappa shape index (κ1) is 20.7. The SMILES string of the molecule is CCCn1c(S[C@H](C)C(=O)Nc2ccc(OCc3ccccc3)cc2)n[nH]c1=O. The fourth-order valence-corrected chi connectivity index (χ4v) is 3.53. The normalized spacial score (nSPS) is 11.8. The van der Waals surface area contributed by atoms with Gasteiger partial charge < -0.3 is 10.1 Å². The second-order valence-electron chi connectivity index (χ2n) is 6.51. The molecule has 2 aromatic carbocycles. The molecule has 0 aliphatic heterocycles. The Balaban J connectivity index is 1.54. The van der Waals surface area contributed by atoms with Gasteiger partial charge in [0.1, 0.15) is 12.4 Å². The number of anilines is 1. The third kappa shape index (κ3) is 5.74. The van der Waals surface area contributed by atoms with Crippen LogP contribution in [-0.2, 0) is 17.9 Å². The van der Waals surface area contributed by atoms with Gasteiger partial charge in [0.15, 0.2) is 5.16 Å². The topological polar surface area (TPSA) is 89.0 Å². The smallest absolute Gasteiger partial charge is 0.343 e. The Kier molecular flexibility index (Phi) is 7.13. The molecule has 0 saturated heterocycles. The van der Waals surface area contributed by atoms with Gasteiger partial charge in [0, 0.05) is 12.2 Å². The highest BCUT2D eigenvalue weighted by Gasteiger charge is 2.19. The van der Waals surface area contributed by atoms with Crippen LogP contribution < -0.4 is 15.7 Å². The molecule has 29 heavy (non-hydrogen) atoms. The first-order valence-electron chi connectivity index (χ1n) is 9.46. The summed E-state index contributed by atoms with van der Waals surface area (Å²) in [6, 6.07) is 17.2. The summed E-state index contributed by atoms with van der Waals surface area (Å²) in [5, 5.41) is 9.44. The summed E-state index contributed by atoms with van der Waals surface area (Å²) in [6.45, 7) is 4.82. The third-order valence-electron chi connectivity index (χ3n) is 4.19. The van der Waals surface area contributed by atoms with E-state index in [1.807, 2.05) is 49.4 Å². The first-order valence-corrected chi connectivity index (χ1v) is 10.3. The van der Waals surface area contributed by atoms with Crippen LogP contribution in [0.2, 0.25) is 0 Å². The average Bonchev–Trinajstić information content (AvgIpc) is 3.08. The standard InChI is InChI=1S/C21H24N4O3S/c1-3-13-25-20(27)23-24-21(25)29-15(2)19(26)22-17-9-11-18(12-10-17)28-14-16-7-5-4-6-8-16/h4-12,15H,3,13-14H2,1-2H3,(H,22,26)(H,23,27)/t15-/m1/s1. The molecule has 0 aliphatic carbocycles. The van der Waals surface area contributed by atoms with Crippen molar-refractivity contribution >= 4 is 23.4 Å². The molecule has 1 atom stereocenters. The molecule has 1 heterocycles. The Morgan fingerprint density at radius 3 is 2.62 bits per heavy atom. The quantitative estimate of drug-likeness (QED) is 0.524. The van der Waals surface area contributed by atoms with Crippen LogP contribution in [0.1, 0.15) is 25.8 Å². The summed E-state index contributed by atoms with van der Waals surface area (Å²) in [5.41, 5.74) is 1.52. The molecule has 0 radical (unpaired) electrons. The van der Waals surface area contributed by atoms with Crippen LogP contribution >= 0.6 is 11.8 Å². The van der Waals surface area contributed by atoms with E-state index in [0.717, 1.165) is 17.7 Å².